The second-order valence-electron chi connectivity index (χ2n) is 5.05. The number of likely N-dealkylation sites (N-methyl/N-ethyl adjacent to an activating group) is 2. The van der Waals surface area contributed by atoms with Crippen molar-refractivity contribution in [2.75, 3.05) is 32.9 Å². The number of sulfonamides is 1. The predicted molar refractivity (Wildman–Crippen MR) is 79.9 cm³/mol. The van der Waals surface area contributed by atoms with Crippen molar-refractivity contribution in [3.05, 3.63) is 6.20 Å². The summed E-state index contributed by atoms with van der Waals surface area (Å²) in [6, 6.07) is -0.135. The molecule has 0 bridgehead atoms. The molecule has 0 aromatic carbocycles. The second-order valence-corrected chi connectivity index (χ2v) is 6.91. The van der Waals surface area contributed by atoms with E-state index in [1.54, 1.807) is 0 Å². The number of hydrogen-bond donors (Lipinski definition) is 1. The summed E-state index contributed by atoms with van der Waals surface area (Å²) in [6.07, 6.45) is 1.50. The van der Waals surface area contributed by atoms with E-state index in [1.165, 1.54) is 15.2 Å². The van der Waals surface area contributed by atoms with Crippen LogP contribution in [0.2, 0.25) is 0 Å². The Morgan fingerprint density at radius 1 is 1.40 bits per heavy atom. The maximum absolute atomic E-state index is 12.7. The van der Waals surface area contributed by atoms with Gasteiger partial charge in [-0.25, -0.2) is 8.42 Å². The third-order valence-electron chi connectivity index (χ3n) is 3.10. The highest BCUT2D eigenvalue weighted by Crippen LogP contribution is 2.23. The highest BCUT2D eigenvalue weighted by atomic mass is 32.2. The fraction of sp³-hybridized carbons (Fsp3) is 0.750. The molecule has 0 aliphatic rings. The Bertz CT molecular complexity index is 538. The molecule has 1 aromatic heterocycles. The first kappa shape index (κ1) is 16.9. The van der Waals surface area contributed by atoms with Crippen molar-refractivity contribution in [2.24, 2.45) is 0 Å². The molecule has 116 valence electrons. The van der Waals surface area contributed by atoms with Gasteiger partial charge in [0.05, 0.1) is 0 Å². The van der Waals surface area contributed by atoms with Crippen LogP contribution in [-0.4, -0.2) is 60.6 Å². The normalized spacial score (nSPS) is 14.2. The number of rotatable bonds is 7. The summed E-state index contributed by atoms with van der Waals surface area (Å²) in [4.78, 5) is 2.05. The van der Waals surface area contributed by atoms with Crippen molar-refractivity contribution in [2.45, 2.75) is 38.3 Å². The minimum Gasteiger partial charge on any atom is -0.381 e. The van der Waals surface area contributed by atoms with Crippen molar-refractivity contribution in [1.82, 2.24) is 19.0 Å². The Balaban J connectivity index is 3.14. The number of aromatic nitrogens is 2. The van der Waals surface area contributed by atoms with Crippen LogP contribution in [0.1, 0.15) is 20.8 Å². The van der Waals surface area contributed by atoms with Crippen molar-refractivity contribution >= 4 is 15.8 Å². The summed E-state index contributed by atoms with van der Waals surface area (Å²) < 4.78 is 28.4. The number of aryl methyl sites for hydroxylation is 1. The van der Waals surface area contributed by atoms with Gasteiger partial charge in [-0.05, 0) is 27.9 Å². The predicted octanol–water partition coefficient (Wildman–Crippen LogP) is 0.446. The summed E-state index contributed by atoms with van der Waals surface area (Å²) in [7, 11) is 0.217. The van der Waals surface area contributed by atoms with E-state index in [-0.39, 0.29) is 16.8 Å². The average Bonchev–Trinajstić information content (AvgIpc) is 2.70. The molecule has 0 amide bonds. The zero-order valence-electron chi connectivity index (χ0n) is 12.9. The van der Waals surface area contributed by atoms with E-state index in [9.17, 15) is 8.42 Å². The molecule has 8 heteroatoms. The third kappa shape index (κ3) is 3.50. The van der Waals surface area contributed by atoms with E-state index in [0.717, 1.165) is 0 Å². The fourth-order valence-corrected chi connectivity index (χ4v) is 3.94. The van der Waals surface area contributed by atoms with E-state index < -0.39 is 10.0 Å². The van der Waals surface area contributed by atoms with Crippen LogP contribution >= 0.6 is 0 Å². The smallest absolute Gasteiger partial charge is 0.248 e. The zero-order chi connectivity index (χ0) is 15.5. The summed E-state index contributed by atoms with van der Waals surface area (Å²) >= 11 is 0. The molecule has 1 rings (SSSR count). The topological polar surface area (TPSA) is 84.5 Å². The van der Waals surface area contributed by atoms with Gasteiger partial charge in [0.15, 0.2) is 5.82 Å². The summed E-state index contributed by atoms with van der Waals surface area (Å²) in [5, 5.41) is 4.01. The van der Waals surface area contributed by atoms with Gasteiger partial charge in [0.25, 0.3) is 0 Å². The van der Waals surface area contributed by atoms with Gasteiger partial charge in [0, 0.05) is 31.9 Å². The number of nitrogens with zero attached hydrogens (tertiary/aromatic N) is 4. The summed E-state index contributed by atoms with van der Waals surface area (Å²) in [5.74, 6) is 0.0577. The SMILES string of the molecule is CCN(C(C)CN(C)C)S(=O)(=O)c1cn(CC)nc1N. The first-order valence-electron chi connectivity index (χ1n) is 6.73. The average molecular weight is 303 g/mol. The van der Waals surface area contributed by atoms with Crippen LogP contribution in [0, 0.1) is 0 Å². The van der Waals surface area contributed by atoms with E-state index in [0.29, 0.717) is 19.6 Å². The van der Waals surface area contributed by atoms with E-state index in [4.69, 9.17) is 5.73 Å². The maximum Gasteiger partial charge on any atom is 0.248 e. The molecule has 2 N–H and O–H groups in total. The second kappa shape index (κ2) is 6.55. The molecule has 1 atom stereocenters. The lowest BCUT2D eigenvalue weighted by Gasteiger charge is -2.28. The van der Waals surface area contributed by atoms with Crippen LogP contribution in [0.15, 0.2) is 11.1 Å². The largest absolute Gasteiger partial charge is 0.381 e. The molecule has 0 fully saturated rings. The van der Waals surface area contributed by atoms with Gasteiger partial charge in [-0.1, -0.05) is 6.92 Å². The van der Waals surface area contributed by atoms with Crippen molar-refractivity contribution in [1.29, 1.82) is 0 Å². The minimum absolute atomic E-state index is 0.0577. The Labute approximate surface area is 121 Å². The van der Waals surface area contributed by atoms with Crippen LogP contribution < -0.4 is 5.73 Å². The molecule has 1 aromatic rings. The van der Waals surface area contributed by atoms with Crippen molar-refractivity contribution in [3.63, 3.8) is 0 Å². The molecular formula is C12H25N5O2S. The van der Waals surface area contributed by atoms with E-state index in [2.05, 4.69) is 5.10 Å². The Hall–Kier alpha value is -1.12. The molecule has 1 heterocycles. The van der Waals surface area contributed by atoms with E-state index in [1.807, 2.05) is 39.8 Å². The van der Waals surface area contributed by atoms with Gasteiger partial charge < -0.3 is 10.6 Å². The lowest BCUT2D eigenvalue weighted by atomic mass is 10.3. The van der Waals surface area contributed by atoms with Gasteiger partial charge in [0.2, 0.25) is 10.0 Å². The van der Waals surface area contributed by atoms with Gasteiger partial charge in [-0.15, -0.1) is 0 Å². The molecule has 7 nitrogen and oxygen atoms in total. The molecule has 20 heavy (non-hydrogen) atoms. The summed E-state index contributed by atoms with van der Waals surface area (Å²) in [6.45, 7) is 7.22. The highest BCUT2D eigenvalue weighted by molar-refractivity contribution is 7.89. The van der Waals surface area contributed by atoms with Crippen LogP contribution in [0.25, 0.3) is 0 Å². The number of anilines is 1. The highest BCUT2D eigenvalue weighted by Gasteiger charge is 2.31. The van der Waals surface area contributed by atoms with Gasteiger partial charge >= 0.3 is 0 Å². The molecule has 1 unspecified atom stereocenters. The first-order valence-corrected chi connectivity index (χ1v) is 8.17. The van der Waals surface area contributed by atoms with Crippen LogP contribution in [0.4, 0.5) is 5.82 Å². The van der Waals surface area contributed by atoms with Gasteiger partial charge in [-0.3, -0.25) is 4.68 Å². The van der Waals surface area contributed by atoms with Crippen molar-refractivity contribution < 1.29 is 8.42 Å². The molecule has 0 saturated carbocycles. The fourth-order valence-electron chi connectivity index (χ4n) is 2.24. The van der Waals surface area contributed by atoms with Gasteiger partial charge in [0.1, 0.15) is 4.90 Å². The Morgan fingerprint density at radius 3 is 2.40 bits per heavy atom. The lowest BCUT2D eigenvalue weighted by molar-refractivity contribution is 0.271. The molecule has 0 aliphatic carbocycles. The number of hydrogen-bond acceptors (Lipinski definition) is 5. The molecule has 0 aliphatic heterocycles. The zero-order valence-corrected chi connectivity index (χ0v) is 13.7. The number of nitrogens with two attached hydrogens (primary N) is 1. The maximum atomic E-state index is 12.7. The Kier molecular flexibility index (Phi) is 5.55. The van der Waals surface area contributed by atoms with E-state index >= 15 is 0 Å². The summed E-state index contributed by atoms with van der Waals surface area (Å²) in [5.41, 5.74) is 5.75. The number of nitrogen functional groups attached to an aromatic ring is 1. The quantitative estimate of drug-likeness (QED) is 0.790. The standard InChI is InChI=1S/C12H25N5O2S/c1-6-16-9-11(12(13)14-16)20(18,19)17(7-2)10(3)8-15(4)5/h9-10H,6-8H2,1-5H3,(H2,13,14). The molecule has 0 spiro atoms. The molecular weight excluding hydrogens is 278 g/mol. The van der Waals surface area contributed by atoms with Crippen molar-refractivity contribution in [3.8, 4) is 0 Å². The van der Waals surface area contributed by atoms with Gasteiger partial charge in [-0.2, -0.15) is 9.40 Å². The first-order chi connectivity index (χ1) is 9.23. The molecule has 0 radical (unpaired) electrons. The lowest BCUT2D eigenvalue weighted by Crippen LogP contribution is -2.43. The third-order valence-corrected chi connectivity index (χ3v) is 5.20. The van der Waals surface area contributed by atoms with Crippen LogP contribution in [0.5, 0.6) is 0 Å². The molecule has 0 saturated heterocycles. The van der Waals surface area contributed by atoms with Crippen LogP contribution in [-0.2, 0) is 16.6 Å². The monoisotopic (exact) mass is 303 g/mol. The van der Waals surface area contributed by atoms with Crippen LogP contribution in [0.3, 0.4) is 0 Å². The minimum atomic E-state index is -3.62. The Morgan fingerprint density at radius 2 is 2.00 bits per heavy atom.